The SMILES string of the molecule is Nc1ccc(-c2cccc(Cl)c2)cc1N. The molecular formula is C12H11ClN2. The van der Waals surface area contributed by atoms with Gasteiger partial charge in [-0.05, 0) is 35.4 Å². The van der Waals surface area contributed by atoms with Gasteiger partial charge in [0.1, 0.15) is 0 Å². The Kier molecular flexibility index (Phi) is 2.52. The highest BCUT2D eigenvalue weighted by Crippen LogP contribution is 2.26. The maximum absolute atomic E-state index is 5.91. The minimum Gasteiger partial charge on any atom is -0.397 e. The third-order valence-electron chi connectivity index (χ3n) is 2.24. The van der Waals surface area contributed by atoms with Crippen molar-refractivity contribution >= 4 is 23.0 Å². The fraction of sp³-hybridized carbons (Fsp3) is 0. The van der Waals surface area contributed by atoms with E-state index < -0.39 is 0 Å². The van der Waals surface area contributed by atoms with Crippen LogP contribution >= 0.6 is 11.6 Å². The summed E-state index contributed by atoms with van der Waals surface area (Å²) in [5.41, 5.74) is 14.6. The van der Waals surface area contributed by atoms with E-state index in [1.807, 2.05) is 36.4 Å². The summed E-state index contributed by atoms with van der Waals surface area (Å²) in [5, 5.41) is 0.711. The normalized spacial score (nSPS) is 10.2. The number of rotatable bonds is 1. The van der Waals surface area contributed by atoms with Gasteiger partial charge >= 0.3 is 0 Å². The molecule has 0 saturated carbocycles. The molecule has 4 N–H and O–H groups in total. The van der Waals surface area contributed by atoms with Crippen molar-refractivity contribution in [2.24, 2.45) is 0 Å². The van der Waals surface area contributed by atoms with Gasteiger partial charge in [-0.25, -0.2) is 0 Å². The zero-order valence-electron chi connectivity index (χ0n) is 8.07. The highest BCUT2D eigenvalue weighted by Gasteiger charge is 2.00. The summed E-state index contributed by atoms with van der Waals surface area (Å²) in [4.78, 5) is 0. The van der Waals surface area contributed by atoms with Crippen molar-refractivity contribution in [3.63, 3.8) is 0 Å². The average Bonchev–Trinajstić information content (AvgIpc) is 2.22. The van der Waals surface area contributed by atoms with Crippen molar-refractivity contribution in [1.82, 2.24) is 0 Å². The number of hydrogen-bond donors (Lipinski definition) is 2. The minimum atomic E-state index is 0.590. The van der Waals surface area contributed by atoms with Gasteiger partial charge in [-0.2, -0.15) is 0 Å². The number of hydrogen-bond acceptors (Lipinski definition) is 2. The van der Waals surface area contributed by atoms with Crippen molar-refractivity contribution in [3.8, 4) is 11.1 Å². The summed E-state index contributed by atoms with van der Waals surface area (Å²) < 4.78 is 0. The fourth-order valence-electron chi connectivity index (χ4n) is 1.42. The van der Waals surface area contributed by atoms with Crippen LogP contribution in [0.1, 0.15) is 0 Å². The van der Waals surface area contributed by atoms with E-state index in [0.29, 0.717) is 16.4 Å². The van der Waals surface area contributed by atoms with Crippen LogP contribution in [0.25, 0.3) is 11.1 Å². The Hall–Kier alpha value is -1.67. The average molecular weight is 219 g/mol. The van der Waals surface area contributed by atoms with Gasteiger partial charge in [0.2, 0.25) is 0 Å². The molecule has 0 amide bonds. The third kappa shape index (κ3) is 2.05. The number of anilines is 2. The zero-order chi connectivity index (χ0) is 10.8. The second kappa shape index (κ2) is 3.83. The monoisotopic (exact) mass is 218 g/mol. The maximum Gasteiger partial charge on any atom is 0.0554 e. The van der Waals surface area contributed by atoms with Gasteiger partial charge in [-0.3, -0.25) is 0 Å². The molecule has 2 aromatic rings. The molecule has 76 valence electrons. The van der Waals surface area contributed by atoms with Gasteiger partial charge in [-0.15, -0.1) is 0 Å². The first kappa shape index (κ1) is 9.87. The van der Waals surface area contributed by atoms with Crippen LogP contribution in [0.3, 0.4) is 0 Å². The summed E-state index contributed by atoms with van der Waals surface area (Å²) >= 11 is 5.91. The number of halogens is 1. The molecule has 0 heterocycles. The molecule has 0 radical (unpaired) electrons. The second-order valence-electron chi connectivity index (χ2n) is 3.35. The Labute approximate surface area is 93.5 Å². The van der Waals surface area contributed by atoms with Gasteiger partial charge in [-0.1, -0.05) is 29.8 Å². The predicted octanol–water partition coefficient (Wildman–Crippen LogP) is 3.17. The van der Waals surface area contributed by atoms with Crippen LogP contribution in [0.4, 0.5) is 11.4 Å². The largest absolute Gasteiger partial charge is 0.397 e. The first-order valence-electron chi connectivity index (χ1n) is 4.58. The number of nitrogens with two attached hydrogens (primary N) is 2. The van der Waals surface area contributed by atoms with E-state index in [0.717, 1.165) is 11.1 Å². The lowest BCUT2D eigenvalue weighted by molar-refractivity contribution is 1.60. The lowest BCUT2D eigenvalue weighted by Crippen LogP contribution is -1.94. The quantitative estimate of drug-likeness (QED) is 0.723. The number of benzene rings is 2. The van der Waals surface area contributed by atoms with Crippen molar-refractivity contribution < 1.29 is 0 Å². The predicted molar refractivity (Wildman–Crippen MR) is 65.7 cm³/mol. The van der Waals surface area contributed by atoms with E-state index in [4.69, 9.17) is 23.1 Å². The molecular weight excluding hydrogens is 208 g/mol. The fourth-order valence-corrected chi connectivity index (χ4v) is 1.61. The molecule has 15 heavy (non-hydrogen) atoms. The molecule has 0 fully saturated rings. The first-order chi connectivity index (χ1) is 7.16. The smallest absolute Gasteiger partial charge is 0.0554 e. The van der Waals surface area contributed by atoms with Gasteiger partial charge in [0, 0.05) is 5.02 Å². The molecule has 0 bridgehead atoms. The van der Waals surface area contributed by atoms with E-state index in [1.165, 1.54) is 0 Å². The molecule has 2 rings (SSSR count). The summed E-state index contributed by atoms with van der Waals surface area (Å²) in [6.07, 6.45) is 0. The zero-order valence-corrected chi connectivity index (χ0v) is 8.83. The molecule has 2 aromatic carbocycles. The summed E-state index contributed by atoms with van der Waals surface area (Å²) in [7, 11) is 0. The summed E-state index contributed by atoms with van der Waals surface area (Å²) in [6, 6.07) is 13.2. The Morgan fingerprint density at radius 1 is 0.800 bits per heavy atom. The molecule has 0 aromatic heterocycles. The highest BCUT2D eigenvalue weighted by atomic mass is 35.5. The molecule has 0 saturated heterocycles. The molecule has 0 aliphatic heterocycles. The van der Waals surface area contributed by atoms with Gasteiger partial charge in [0.15, 0.2) is 0 Å². The topological polar surface area (TPSA) is 52.0 Å². The van der Waals surface area contributed by atoms with E-state index in [1.54, 1.807) is 6.07 Å². The third-order valence-corrected chi connectivity index (χ3v) is 2.48. The molecule has 0 unspecified atom stereocenters. The molecule has 0 atom stereocenters. The van der Waals surface area contributed by atoms with E-state index in [2.05, 4.69) is 0 Å². The molecule has 2 nitrogen and oxygen atoms in total. The Morgan fingerprint density at radius 3 is 2.20 bits per heavy atom. The molecule has 0 spiro atoms. The Bertz CT molecular complexity index is 495. The Balaban J connectivity index is 2.50. The van der Waals surface area contributed by atoms with Crippen molar-refractivity contribution in [1.29, 1.82) is 0 Å². The van der Waals surface area contributed by atoms with Crippen LogP contribution in [0.15, 0.2) is 42.5 Å². The molecule has 3 heteroatoms. The second-order valence-corrected chi connectivity index (χ2v) is 3.79. The van der Waals surface area contributed by atoms with Crippen LogP contribution < -0.4 is 11.5 Å². The number of nitrogen functional groups attached to an aromatic ring is 2. The van der Waals surface area contributed by atoms with Crippen LogP contribution in [-0.2, 0) is 0 Å². The standard InChI is InChI=1S/C12H11ClN2/c13-10-3-1-2-8(6-10)9-4-5-11(14)12(15)7-9/h1-7H,14-15H2. The molecule has 0 aliphatic rings. The van der Waals surface area contributed by atoms with Crippen LogP contribution in [0, 0.1) is 0 Å². The van der Waals surface area contributed by atoms with E-state index >= 15 is 0 Å². The minimum absolute atomic E-state index is 0.590. The summed E-state index contributed by atoms with van der Waals surface area (Å²) in [6.45, 7) is 0. The van der Waals surface area contributed by atoms with Crippen LogP contribution in [0.5, 0.6) is 0 Å². The van der Waals surface area contributed by atoms with Gasteiger partial charge < -0.3 is 11.5 Å². The van der Waals surface area contributed by atoms with Crippen LogP contribution in [-0.4, -0.2) is 0 Å². The first-order valence-corrected chi connectivity index (χ1v) is 4.95. The maximum atomic E-state index is 5.91. The summed E-state index contributed by atoms with van der Waals surface area (Å²) in [5.74, 6) is 0. The van der Waals surface area contributed by atoms with Crippen molar-refractivity contribution in [2.45, 2.75) is 0 Å². The van der Waals surface area contributed by atoms with Crippen molar-refractivity contribution in [2.75, 3.05) is 11.5 Å². The van der Waals surface area contributed by atoms with E-state index in [-0.39, 0.29) is 0 Å². The lowest BCUT2D eigenvalue weighted by atomic mass is 10.0. The van der Waals surface area contributed by atoms with Crippen LogP contribution in [0.2, 0.25) is 5.02 Å². The Morgan fingerprint density at radius 2 is 1.53 bits per heavy atom. The highest BCUT2D eigenvalue weighted by molar-refractivity contribution is 6.30. The van der Waals surface area contributed by atoms with Gasteiger partial charge in [0.05, 0.1) is 11.4 Å². The van der Waals surface area contributed by atoms with Crippen molar-refractivity contribution in [3.05, 3.63) is 47.5 Å². The lowest BCUT2D eigenvalue weighted by Gasteiger charge is -2.05. The molecule has 0 aliphatic carbocycles. The van der Waals surface area contributed by atoms with E-state index in [9.17, 15) is 0 Å². The van der Waals surface area contributed by atoms with Gasteiger partial charge in [0.25, 0.3) is 0 Å².